The van der Waals surface area contributed by atoms with E-state index in [9.17, 15) is 4.79 Å². The van der Waals surface area contributed by atoms with Crippen molar-refractivity contribution in [3.05, 3.63) is 18.2 Å². The Bertz CT molecular complexity index is 378. The number of carbonyl (C=O) groups is 1. The van der Waals surface area contributed by atoms with Crippen LogP contribution in [0.25, 0.3) is 0 Å². The Labute approximate surface area is 88.3 Å². The van der Waals surface area contributed by atoms with Gasteiger partial charge >= 0.3 is 5.97 Å². The molecule has 1 aromatic rings. The molecule has 0 aromatic carbocycles. The number of esters is 1. The monoisotopic (exact) mass is 207 g/mol. The van der Waals surface area contributed by atoms with Crippen LogP contribution in [0.1, 0.15) is 19.7 Å². The number of nitriles is 1. The Morgan fingerprint density at radius 1 is 1.80 bits per heavy atom. The summed E-state index contributed by atoms with van der Waals surface area (Å²) in [6.07, 6.45) is 3.21. The average molecular weight is 207 g/mol. The lowest BCUT2D eigenvalue weighted by molar-refractivity contribution is -0.147. The molecule has 0 saturated carbocycles. The molecule has 5 heteroatoms. The zero-order valence-electron chi connectivity index (χ0n) is 8.80. The van der Waals surface area contributed by atoms with Gasteiger partial charge in [-0.3, -0.25) is 4.79 Å². The summed E-state index contributed by atoms with van der Waals surface area (Å²) < 4.78 is 6.51. The molecular formula is C10H13N3O2. The highest BCUT2D eigenvalue weighted by Gasteiger charge is 2.15. The summed E-state index contributed by atoms with van der Waals surface area (Å²) in [7, 11) is 0. The van der Waals surface area contributed by atoms with Gasteiger partial charge in [-0.25, -0.2) is 4.98 Å². The van der Waals surface area contributed by atoms with E-state index in [0.29, 0.717) is 19.0 Å². The molecule has 1 rings (SSSR count). The molecule has 0 bridgehead atoms. The Hall–Kier alpha value is -1.83. The fraction of sp³-hybridized carbons (Fsp3) is 0.500. The van der Waals surface area contributed by atoms with Crippen molar-refractivity contribution < 1.29 is 9.53 Å². The van der Waals surface area contributed by atoms with Gasteiger partial charge in [0.1, 0.15) is 6.07 Å². The number of aromatic nitrogens is 2. The summed E-state index contributed by atoms with van der Waals surface area (Å²) >= 11 is 0. The molecule has 0 radical (unpaired) electrons. The van der Waals surface area contributed by atoms with Gasteiger partial charge in [-0.2, -0.15) is 5.26 Å². The van der Waals surface area contributed by atoms with E-state index >= 15 is 0 Å². The van der Waals surface area contributed by atoms with Gasteiger partial charge in [-0.05, 0) is 6.92 Å². The van der Waals surface area contributed by atoms with Crippen molar-refractivity contribution in [3.8, 4) is 6.07 Å². The Balaban J connectivity index is 2.62. The highest BCUT2D eigenvalue weighted by Crippen LogP contribution is 2.05. The quantitative estimate of drug-likeness (QED) is 0.689. The van der Waals surface area contributed by atoms with Crippen LogP contribution in [0.3, 0.4) is 0 Å². The SMILES string of the molecule is CCOC(=O)C(C)Cn1ccnc1C#N. The predicted octanol–water partition coefficient (Wildman–Crippen LogP) is 0.954. The van der Waals surface area contributed by atoms with Gasteiger partial charge in [0.2, 0.25) is 5.82 Å². The maximum absolute atomic E-state index is 11.3. The van der Waals surface area contributed by atoms with E-state index in [1.165, 1.54) is 6.20 Å². The zero-order chi connectivity index (χ0) is 11.3. The maximum Gasteiger partial charge on any atom is 0.310 e. The Morgan fingerprint density at radius 2 is 2.53 bits per heavy atom. The molecule has 0 aliphatic heterocycles. The molecule has 0 fully saturated rings. The summed E-state index contributed by atoms with van der Waals surface area (Å²) in [6, 6.07) is 1.95. The smallest absolute Gasteiger partial charge is 0.310 e. The molecule has 0 aliphatic carbocycles. The van der Waals surface area contributed by atoms with Crippen molar-refractivity contribution in [3.63, 3.8) is 0 Å². The van der Waals surface area contributed by atoms with Crippen LogP contribution < -0.4 is 0 Å². The third-order valence-corrected chi connectivity index (χ3v) is 1.98. The summed E-state index contributed by atoms with van der Waals surface area (Å²) in [6.45, 7) is 4.32. The van der Waals surface area contributed by atoms with Gasteiger partial charge in [-0.15, -0.1) is 0 Å². The molecule has 0 amide bonds. The summed E-state index contributed by atoms with van der Waals surface area (Å²) in [5.74, 6) is -0.215. The van der Waals surface area contributed by atoms with E-state index in [0.717, 1.165) is 0 Å². The molecule has 5 nitrogen and oxygen atoms in total. The number of carbonyl (C=O) groups excluding carboxylic acids is 1. The first-order valence-corrected chi connectivity index (χ1v) is 4.77. The third kappa shape index (κ3) is 2.81. The van der Waals surface area contributed by atoms with Crippen LogP contribution in [0, 0.1) is 17.2 Å². The minimum atomic E-state index is -0.272. The summed E-state index contributed by atoms with van der Waals surface area (Å²) in [5.41, 5.74) is 0. The van der Waals surface area contributed by atoms with E-state index < -0.39 is 0 Å². The Kier molecular flexibility index (Phi) is 3.86. The van der Waals surface area contributed by atoms with Crippen LogP contribution in [-0.4, -0.2) is 22.1 Å². The lowest BCUT2D eigenvalue weighted by Crippen LogP contribution is -2.20. The number of hydrogen-bond acceptors (Lipinski definition) is 4. The summed E-state index contributed by atoms with van der Waals surface area (Å²) in [4.78, 5) is 15.2. The first kappa shape index (κ1) is 11.2. The fourth-order valence-electron chi connectivity index (χ4n) is 1.22. The van der Waals surface area contributed by atoms with E-state index in [1.54, 1.807) is 24.6 Å². The highest BCUT2D eigenvalue weighted by atomic mass is 16.5. The van der Waals surface area contributed by atoms with Crippen LogP contribution in [0.5, 0.6) is 0 Å². The standard InChI is InChI=1S/C10H13N3O2/c1-3-15-10(14)8(2)7-13-5-4-12-9(13)6-11/h4-5,8H,3,7H2,1-2H3. The minimum absolute atomic E-state index is 0.255. The third-order valence-electron chi connectivity index (χ3n) is 1.98. The van der Waals surface area contributed by atoms with E-state index in [-0.39, 0.29) is 11.9 Å². The molecule has 1 unspecified atom stereocenters. The van der Waals surface area contributed by atoms with Gasteiger partial charge in [0.15, 0.2) is 0 Å². The van der Waals surface area contributed by atoms with Crippen molar-refractivity contribution in [2.24, 2.45) is 5.92 Å². The molecule has 80 valence electrons. The molecule has 1 atom stereocenters. The number of hydrogen-bond donors (Lipinski definition) is 0. The van der Waals surface area contributed by atoms with Gasteiger partial charge in [0.25, 0.3) is 0 Å². The van der Waals surface area contributed by atoms with Crippen molar-refractivity contribution in [1.82, 2.24) is 9.55 Å². The van der Waals surface area contributed by atoms with Gasteiger partial charge in [-0.1, -0.05) is 6.92 Å². The topological polar surface area (TPSA) is 67.9 Å². The number of nitrogens with zero attached hydrogens (tertiary/aromatic N) is 3. The molecule has 0 saturated heterocycles. The van der Waals surface area contributed by atoms with Crippen molar-refractivity contribution in [2.75, 3.05) is 6.61 Å². The minimum Gasteiger partial charge on any atom is -0.466 e. The number of rotatable bonds is 4. The molecule has 1 heterocycles. The van der Waals surface area contributed by atoms with Crippen LogP contribution in [0.2, 0.25) is 0 Å². The van der Waals surface area contributed by atoms with Crippen molar-refractivity contribution in [2.45, 2.75) is 20.4 Å². The second-order valence-electron chi connectivity index (χ2n) is 3.17. The average Bonchev–Trinajstić information content (AvgIpc) is 2.65. The molecule has 0 aliphatic rings. The summed E-state index contributed by atoms with van der Waals surface area (Å²) in [5, 5.41) is 8.71. The van der Waals surface area contributed by atoms with Crippen LogP contribution in [0.15, 0.2) is 12.4 Å². The van der Waals surface area contributed by atoms with Crippen LogP contribution in [-0.2, 0) is 16.1 Å². The normalized spacial score (nSPS) is 11.8. The maximum atomic E-state index is 11.3. The lowest BCUT2D eigenvalue weighted by atomic mass is 10.2. The van der Waals surface area contributed by atoms with Gasteiger partial charge in [0.05, 0.1) is 12.5 Å². The van der Waals surface area contributed by atoms with Crippen molar-refractivity contribution >= 4 is 5.97 Å². The molecule has 0 spiro atoms. The Morgan fingerprint density at radius 3 is 3.13 bits per heavy atom. The van der Waals surface area contributed by atoms with E-state index in [1.807, 2.05) is 6.07 Å². The largest absolute Gasteiger partial charge is 0.466 e. The first-order valence-electron chi connectivity index (χ1n) is 4.77. The molecule has 1 aromatic heterocycles. The van der Waals surface area contributed by atoms with E-state index in [2.05, 4.69) is 4.98 Å². The fourth-order valence-corrected chi connectivity index (χ4v) is 1.22. The predicted molar refractivity (Wildman–Crippen MR) is 52.7 cm³/mol. The van der Waals surface area contributed by atoms with Crippen LogP contribution >= 0.6 is 0 Å². The van der Waals surface area contributed by atoms with Crippen molar-refractivity contribution in [1.29, 1.82) is 5.26 Å². The molecular weight excluding hydrogens is 194 g/mol. The second-order valence-corrected chi connectivity index (χ2v) is 3.17. The first-order chi connectivity index (χ1) is 7.19. The van der Waals surface area contributed by atoms with Gasteiger partial charge < -0.3 is 9.30 Å². The zero-order valence-corrected chi connectivity index (χ0v) is 8.80. The van der Waals surface area contributed by atoms with E-state index in [4.69, 9.17) is 10.00 Å². The highest BCUT2D eigenvalue weighted by molar-refractivity contribution is 5.71. The lowest BCUT2D eigenvalue weighted by Gasteiger charge is -2.11. The number of ether oxygens (including phenoxy) is 1. The molecule has 15 heavy (non-hydrogen) atoms. The van der Waals surface area contributed by atoms with Gasteiger partial charge in [0, 0.05) is 18.9 Å². The van der Waals surface area contributed by atoms with Crippen LogP contribution in [0.4, 0.5) is 0 Å². The second kappa shape index (κ2) is 5.15. The number of imidazole rings is 1. The molecule has 0 N–H and O–H groups in total.